The zero-order valence-electron chi connectivity index (χ0n) is 6.24. The molecule has 8 heteroatoms. The van der Waals surface area contributed by atoms with E-state index in [1.54, 1.807) is 0 Å². The van der Waals surface area contributed by atoms with E-state index in [2.05, 4.69) is 9.59 Å². The van der Waals surface area contributed by atoms with E-state index < -0.39 is 19.1 Å². The van der Waals surface area contributed by atoms with Crippen LogP contribution in [-0.2, 0) is 4.79 Å². The van der Waals surface area contributed by atoms with Gasteiger partial charge in [-0.15, -0.1) is 0 Å². The summed E-state index contributed by atoms with van der Waals surface area (Å²) in [6, 6.07) is 0. The van der Waals surface area contributed by atoms with Gasteiger partial charge in [-0.2, -0.15) is 8.78 Å². The van der Waals surface area contributed by atoms with Crippen LogP contribution in [0.1, 0.15) is 0 Å². The molecule has 1 amide bonds. The smallest absolute Gasteiger partial charge is 0.315 e. The van der Waals surface area contributed by atoms with Crippen LogP contribution in [0.5, 0.6) is 5.88 Å². The highest BCUT2D eigenvalue weighted by atomic mass is 32.1. The molecule has 1 heterocycles. The molecule has 1 aromatic rings. The molecule has 0 atom stereocenters. The minimum absolute atomic E-state index is 0.148. The minimum Gasteiger partial charge on any atom is -0.466 e. The van der Waals surface area contributed by atoms with Crippen molar-refractivity contribution in [2.24, 2.45) is 0 Å². The third-order valence-electron chi connectivity index (χ3n) is 0.961. The van der Waals surface area contributed by atoms with Gasteiger partial charge in [0, 0.05) is 0 Å². The van der Waals surface area contributed by atoms with E-state index >= 15 is 0 Å². The minimum atomic E-state index is -2.87. The predicted molar refractivity (Wildman–Crippen MR) is 39.6 cm³/mol. The highest BCUT2D eigenvalue weighted by Gasteiger charge is 2.08. The SMILES string of the molecule is O=C(COc1csnn1)NC(F)F. The van der Waals surface area contributed by atoms with Crippen LogP contribution in [-0.4, -0.2) is 28.7 Å². The van der Waals surface area contributed by atoms with Crippen LogP contribution in [0.4, 0.5) is 8.78 Å². The molecule has 0 aromatic carbocycles. The van der Waals surface area contributed by atoms with Crippen molar-refractivity contribution in [1.82, 2.24) is 14.9 Å². The van der Waals surface area contributed by atoms with E-state index in [9.17, 15) is 13.6 Å². The van der Waals surface area contributed by atoms with Gasteiger partial charge in [-0.25, -0.2) is 0 Å². The average molecular weight is 209 g/mol. The maximum atomic E-state index is 11.5. The molecule has 0 unspecified atom stereocenters. The van der Waals surface area contributed by atoms with Crippen molar-refractivity contribution >= 4 is 17.4 Å². The Hall–Kier alpha value is -1.31. The van der Waals surface area contributed by atoms with Crippen LogP contribution in [0.25, 0.3) is 0 Å². The average Bonchev–Trinajstić information content (AvgIpc) is 2.51. The lowest BCUT2D eigenvalue weighted by atomic mass is 10.6. The Kier molecular flexibility index (Phi) is 3.50. The van der Waals surface area contributed by atoms with Crippen molar-refractivity contribution in [3.63, 3.8) is 0 Å². The number of ether oxygens (including phenoxy) is 1. The molecular formula is C5H5F2N3O2S. The number of hydrogen-bond acceptors (Lipinski definition) is 5. The van der Waals surface area contributed by atoms with Crippen molar-refractivity contribution in [2.45, 2.75) is 6.55 Å². The van der Waals surface area contributed by atoms with Gasteiger partial charge < -0.3 is 4.74 Å². The van der Waals surface area contributed by atoms with E-state index in [4.69, 9.17) is 4.74 Å². The number of amides is 1. The monoisotopic (exact) mass is 209 g/mol. The first-order valence-corrected chi connectivity index (χ1v) is 3.99. The van der Waals surface area contributed by atoms with Crippen LogP contribution in [0.2, 0.25) is 0 Å². The Morgan fingerprint density at radius 2 is 2.54 bits per heavy atom. The Balaban J connectivity index is 2.23. The zero-order valence-corrected chi connectivity index (χ0v) is 7.05. The molecule has 0 aliphatic heterocycles. The van der Waals surface area contributed by atoms with Crippen molar-refractivity contribution in [3.05, 3.63) is 5.38 Å². The lowest BCUT2D eigenvalue weighted by Gasteiger charge is -2.02. The normalized spacial score (nSPS) is 10.1. The van der Waals surface area contributed by atoms with Gasteiger partial charge in [-0.1, -0.05) is 9.59 Å². The fourth-order valence-electron chi connectivity index (χ4n) is 0.522. The molecule has 5 nitrogen and oxygen atoms in total. The number of alkyl halides is 2. The zero-order chi connectivity index (χ0) is 9.68. The summed E-state index contributed by atoms with van der Waals surface area (Å²) in [5.41, 5.74) is 0. The first-order chi connectivity index (χ1) is 6.18. The molecule has 0 aliphatic carbocycles. The van der Waals surface area contributed by atoms with Crippen LogP contribution < -0.4 is 10.1 Å². The van der Waals surface area contributed by atoms with Gasteiger partial charge in [0.2, 0.25) is 5.88 Å². The topological polar surface area (TPSA) is 64.1 Å². The summed E-state index contributed by atoms with van der Waals surface area (Å²) in [6.07, 6.45) is 0. The molecule has 0 spiro atoms. The second-order valence-corrected chi connectivity index (χ2v) is 2.51. The van der Waals surface area contributed by atoms with E-state index in [1.165, 1.54) is 10.7 Å². The van der Waals surface area contributed by atoms with Crippen LogP contribution in [0, 0.1) is 0 Å². The van der Waals surface area contributed by atoms with Crippen molar-refractivity contribution < 1.29 is 18.3 Å². The number of nitrogens with one attached hydrogen (secondary N) is 1. The molecule has 0 saturated heterocycles. The number of rotatable bonds is 4. The summed E-state index contributed by atoms with van der Waals surface area (Å²) in [5, 5.41) is 6.26. The maximum Gasteiger partial charge on any atom is 0.315 e. The third-order valence-corrected chi connectivity index (χ3v) is 1.44. The molecule has 0 fully saturated rings. The van der Waals surface area contributed by atoms with Crippen LogP contribution in [0.15, 0.2) is 5.38 Å². The van der Waals surface area contributed by atoms with Crippen molar-refractivity contribution in [3.8, 4) is 5.88 Å². The molecule has 1 aromatic heterocycles. The summed E-state index contributed by atoms with van der Waals surface area (Å²) in [5.74, 6) is -0.752. The maximum absolute atomic E-state index is 11.5. The molecule has 1 rings (SSSR count). The Labute approximate surface area is 75.9 Å². The number of aromatic nitrogens is 2. The summed E-state index contributed by atoms with van der Waals surface area (Å²) in [4.78, 5) is 10.6. The summed E-state index contributed by atoms with van der Waals surface area (Å²) < 4.78 is 31.2. The van der Waals surface area contributed by atoms with Crippen LogP contribution >= 0.6 is 11.5 Å². The molecule has 0 aliphatic rings. The van der Waals surface area contributed by atoms with Crippen molar-refractivity contribution in [2.75, 3.05) is 6.61 Å². The van der Waals surface area contributed by atoms with E-state index in [0.717, 1.165) is 11.5 Å². The van der Waals surface area contributed by atoms with Gasteiger partial charge in [-0.05, 0) is 11.5 Å². The highest BCUT2D eigenvalue weighted by molar-refractivity contribution is 7.03. The summed E-state index contributed by atoms with van der Waals surface area (Å²) in [6.45, 7) is -3.36. The van der Waals surface area contributed by atoms with E-state index in [1.807, 2.05) is 0 Å². The third kappa shape index (κ3) is 3.74. The summed E-state index contributed by atoms with van der Waals surface area (Å²) >= 11 is 1.04. The molecule has 72 valence electrons. The molecular weight excluding hydrogens is 204 g/mol. The van der Waals surface area contributed by atoms with Gasteiger partial charge >= 0.3 is 6.55 Å². The van der Waals surface area contributed by atoms with Crippen LogP contribution in [0.3, 0.4) is 0 Å². The number of hydrogen-bond donors (Lipinski definition) is 1. The number of nitrogens with zero attached hydrogens (tertiary/aromatic N) is 2. The van der Waals surface area contributed by atoms with Gasteiger partial charge in [0.1, 0.15) is 0 Å². The number of halogens is 2. The lowest BCUT2D eigenvalue weighted by Crippen LogP contribution is -2.32. The largest absolute Gasteiger partial charge is 0.466 e. The number of carbonyl (C=O) groups is 1. The van der Waals surface area contributed by atoms with Gasteiger partial charge in [0.15, 0.2) is 6.61 Å². The Morgan fingerprint density at radius 1 is 1.77 bits per heavy atom. The van der Waals surface area contributed by atoms with Crippen molar-refractivity contribution in [1.29, 1.82) is 0 Å². The Bertz CT molecular complexity index is 267. The molecule has 0 bridgehead atoms. The summed E-state index contributed by atoms with van der Waals surface area (Å²) in [7, 11) is 0. The lowest BCUT2D eigenvalue weighted by molar-refractivity contribution is -0.127. The van der Waals surface area contributed by atoms with Gasteiger partial charge in [0.05, 0.1) is 5.38 Å². The second-order valence-electron chi connectivity index (χ2n) is 1.90. The molecule has 0 radical (unpaired) electrons. The first kappa shape index (κ1) is 9.78. The van der Waals surface area contributed by atoms with E-state index in [-0.39, 0.29) is 5.88 Å². The second kappa shape index (κ2) is 4.65. The Morgan fingerprint density at radius 3 is 3.08 bits per heavy atom. The molecule has 1 N–H and O–H groups in total. The quantitative estimate of drug-likeness (QED) is 0.722. The standard InChI is InChI=1S/C5H5F2N3O2S/c6-5(7)8-3(11)1-12-4-2-13-10-9-4/h2,5H,1H2,(H,8,11). The fraction of sp³-hybridized carbons (Fsp3) is 0.400. The van der Waals surface area contributed by atoms with E-state index in [0.29, 0.717) is 0 Å². The highest BCUT2D eigenvalue weighted by Crippen LogP contribution is 2.05. The molecule has 13 heavy (non-hydrogen) atoms. The van der Waals surface area contributed by atoms with Gasteiger partial charge in [-0.3, -0.25) is 10.1 Å². The first-order valence-electron chi connectivity index (χ1n) is 3.16. The molecule has 0 saturated carbocycles. The van der Waals surface area contributed by atoms with Gasteiger partial charge in [0.25, 0.3) is 5.91 Å². The fourth-order valence-corrected chi connectivity index (χ4v) is 0.902. The predicted octanol–water partition coefficient (Wildman–Crippen LogP) is 0.256. The number of carbonyl (C=O) groups excluding carboxylic acids is 1.